The molecule has 0 bridgehead atoms. The number of nitrogens with zero attached hydrogens (tertiary/aromatic N) is 1. The van der Waals surface area contributed by atoms with Crippen molar-refractivity contribution in [1.82, 2.24) is 4.90 Å². The predicted octanol–water partition coefficient (Wildman–Crippen LogP) is 1.40. The maximum atomic E-state index is 10.6. The summed E-state index contributed by atoms with van der Waals surface area (Å²) in [4.78, 5) is 12.8. The summed E-state index contributed by atoms with van der Waals surface area (Å²) in [6.45, 7) is 1.88. The van der Waals surface area contributed by atoms with Crippen molar-refractivity contribution < 1.29 is 14.6 Å². The van der Waals surface area contributed by atoms with E-state index in [9.17, 15) is 4.79 Å². The minimum absolute atomic E-state index is 0.144. The van der Waals surface area contributed by atoms with Crippen LogP contribution in [0, 0.1) is 0 Å². The highest BCUT2D eigenvalue weighted by Gasteiger charge is 2.25. The van der Waals surface area contributed by atoms with Gasteiger partial charge in [0, 0.05) is 19.5 Å². The van der Waals surface area contributed by atoms with Crippen molar-refractivity contribution in [1.29, 1.82) is 0 Å². The van der Waals surface area contributed by atoms with Gasteiger partial charge in [0.15, 0.2) is 0 Å². The van der Waals surface area contributed by atoms with Crippen LogP contribution in [0.1, 0.15) is 12.0 Å². The molecule has 17 heavy (non-hydrogen) atoms. The number of para-hydroxylation sites is 1. The van der Waals surface area contributed by atoms with E-state index in [1.807, 2.05) is 24.3 Å². The molecule has 4 heteroatoms. The molecule has 0 saturated carbocycles. The van der Waals surface area contributed by atoms with Gasteiger partial charge in [0.2, 0.25) is 0 Å². The molecule has 1 heterocycles. The van der Waals surface area contributed by atoms with E-state index in [1.54, 1.807) is 0 Å². The van der Waals surface area contributed by atoms with Crippen LogP contribution >= 0.6 is 0 Å². The number of aryl methyl sites for hydroxylation is 1. The van der Waals surface area contributed by atoms with Crippen molar-refractivity contribution in [2.45, 2.75) is 18.9 Å². The Balaban J connectivity index is 1.97. The third kappa shape index (κ3) is 3.20. The van der Waals surface area contributed by atoms with Gasteiger partial charge in [-0.25, -0.2) is 0 Å². The first kappa shape index (κ1) is 11.9. The summed E-state index contributed by atoms with van der Waals surface area (Å²) < 4.78 is 5.85. The Bertz CT molecular complexity index is 399. The van der Waals surface area contributed by atoms with Gasteiger partial charge in [0.05, 0.1) is 0 Å². The maximum absolute atomic E-state index is 10.6. The molecule has 1 aromatic rings. The molecular formula is C13H17NO3. The number of carbonyl (C=O) groups is 1. The van der Waals surface area contributed by atoms with E-state index in [2.05, 4.69) is 11.9 Å². The number of carboxylic acids is 1. The fraction of sp³-hybridized carbons (Fsp3) is 0.462. The molecule has 1 saturated heterocycles. The number of benzene rings is 1. The number of carboxylic acid groups (broad SMARTS) is 1. The van der Waals surface area contributed by atoms with Crippen LogP contribution in [0.5, 0.6) is 5.75 Å². The molecule has 0 aromatic heterocycles. The number of ether oxygens (including phenoxy) is 1. The number of likely N-dealkylation sites (tertiary alicyclic amines) is 1. The van der Waals surface area contributed by atoms with Crippen LogP contribution in [-0.2, 0) is 11.2 Å². The third-order valence-electron chi connectivity index (χ3n) is 2.91. The predicted molar refractivity (Wildman–Crippen MR) is 64.3 cm³/mol. The lowest BCUT2D eigenvalue weighted by molar-refractivity contribution is -0.136. The summed E-state index contributed by atoms with van der Waals surface area (Å²) in [5.74, 6) is 0.0510. The van der Waals surface area contributed by atoms with Crippen LogP contribution < -0.4 is 4.74 Å². The summed E-state index contributed by atoms with van der Waals surface area (Å²) in [5, 5.41) is 8.69. The van der Waals surface area contributed by atoms with Gasteiger partial charge in [-0.2, -0.15) is 0 Å². The van der Waals surface area contributed by atoms with Crippen LogP contribution in [0.25, 0.3) is 0 Å². The van der Waals surface area contributed by atoms with Crippen LogP contribution in [0.4, 0.5) is 0 Å². The zero-order chi connectivity index (χ0) is 12.3. The Labute approximate surface area is 101 Å². The second kappa shape index (κ2) is 5.19. The van der Waals surface area contributed by atoms with Crippen molar-refractivity contribution in [3.05, 3.63) is 29.8 Å². The van der Waals surface area contributed by atoms with Gasteiger partial charge in [-0.05, 0) is 25.1 Å². The SMILES string of the molecule is CN1CC(Oc2ccccc2CCC(=O)O)C1. The topological polar surface area (TPSA) is 49.8 Å². The van der Waals surface area contributed by atoms with E-state index in [4.69, 9.17) is 9.84 Å². The minimum atomic E-state index is -0.775. The van der Waals surface area contributed by atoms with Gasteiger partial charge in [-0.1, -0.05) is 18.2 Å². The number of hydrogen-bond donors (Lipinski definition) is 1. The maximum Gasteiger partial charge on any atom is 0.303 e. The standard InChI is InChI=1S/C13H17NO3/c1-14-8-11(9-14)17-12-5-3-2-4-10(12)6-7-13(15)16/h2-5,11H,6-9H2,1H3,(H,15,16). The average Bonchev–Trinajstić information content (AvgIpc) is 2.25. The van der Waals surface area contributed by atoms with Crippen molar-refractivity contribution in [3.8, 4) is 5.75 Å². The fourth-order valence-electron chi connectivity index (χ4n) is 1.96. The van der Waals surface area contributed by atoms with Crippen molar-refractivity contribution in [2.24, 2.45) is 0 Å². The first-order valence-corrected chi connectivity index (χ1v) is 5.80. The molecule has 1 N–H and O–H groups in total. The lowest BCUT2D eigenvalue weighted by atomic mass is 10.1. The second-order valence-electron chi connectivity index (χ2n) is 4.46. The van der Waals surface area contributed by atoms with E-state index < -0.39 is 5.97 Å². The molecule has 0 unspecified atom stereocenters. The number of hydrogen-bond acceptors (Lipinski definition) is 3. The lowest BCUT2D eigenvalue weighted by Crippen LogP contribution is -2.51. The van der Waals surface area contributed by atoms with Gasteiger partial charge < -0.3 is 9.84 Å². The summed E-state index contributed by atoms with van der Waals surface area (Å²) in [6, 6.07) is 7.68. The highest BCUT2D eigenvalue weighted by molar-refractivity contribution is 5.67. The summed E-state index contributed by atoms with van der Waals surface area (Å²) in [5.41, 5.74) is 0.976. The Morgan fingerprint density at radius 1 is 1.47 bits per heavy atom. The van der Waals surface area contributed by atoms with Gasteiger partial charge in [0.1, 0.15) is 11.9 Å². The van der Waals surface area contributed by atoms with E-state index in [1.165, 1.54) is 0 Å². The average molecular weight is 235 g/mol. The molecule has 1 fully saturated rings. The van der Waals surface area contributed by atoms with Crippen molar-refractivity contribution in [3.63, 3.8) is 0 Å². The molecule has 4 nitrogen and oxygen atoms in total. The molecule has 1 aliphatic heterocycles. The molecule has 92 valence electrons. The molecule has 0 amide bonds. The third-order valence-corrected chi connectivity index (χ3v) is 2.91. The first-order valence-electron chi connectivity index (χ1n) is 5.80. The highest BCUT2D eigenvalue weighted by atomic mass is 16.5. The molecule has 2 rings (SSSR count). The zero-order valence-corrected chi connectivity index (χ0v) is 9.93. The molecule has 1 aliphatic rings. The Morgan fingerprint density at radius 3 is 2.82 bits per heavy atom. The van der Waals surface area contributed by atoms with E-state index in [0.717, 1.165) is 24.4 Å². The van der Waals surface area contributed by atoms with Gasteiger partial charge in [-0.3, -0.25) is 9.69 Å². The molecule has 1 aromatic carbocycles. The van der Waals surface area contributed by atoms with Crippen LogP contribution in [0.2, 0.25) is 0 Å². The highest BCUT2D eigenvalue weighted by Crippen LogP contribution is 2.23. The smallest absolute Gasteiger partial charge is 0.303 e. The zero-order valence-electron chi connectivity index (χ0n) is 9.93. The van der Waals surface area contributed by atoms with Crippen LogP contribution in [0.3, 0.4) is 0 Å². The van der Waals surface area contributed by atoms with Gasteiger partial charge in [0.25, 0.3) is 0 Å². The van der Waals surface area contributed by atoms with E-state index >= 15 is 0 Å². The van der Waals surface area contributed by atoms with E-state index in [0.29, 0.717) is 6.42 Å². The first-order chi connectivity index (χ1) is 8.15. The van der Waals surface area contributed by atoms with Crippen molar-refractivity contribution in [2.75, 3.05) is 20.1 Å². The summed E-state index contributed by atoms with van der Waals surface area (Å²) in [6.07, 6.45) is 0.907. The molecule has 0 aliphatic carbocycles. The summed E-state index contributed by atoms with van der Waals surface area (Å²) in [7, 11) is 2.05. The molecule has 0 radical (unpaired) electrons. The molecule has 0 atom stereocenters. The second-order valence-corrected chi connectivity index (χ2v) is 4.46. The number of likely N-dealkylation sites (N-methyl/N-ethyl adjacent to an activating group) is 1. The largest absolute Gasteiger partial charge is 0.487 e. The van der Waals surface area contributed by atoms with Crippen LogP contribution in [-0.4, -0.2) is 42.2 Å². The monoisotopic (exact) mass is 235 g/mol. The van der Waals surface area contributed by atoms with Gasteiger partial charge in [-0.15, -0.1) is 0 Å². The van der Waals surface area contributed by atoms with E-state index in [-0.39, 0.29) is 12.5 Å². The minimum Gasteiger partial charge on any atom is -0.487 e. The number of aliphatic carboxylic acids is 1. The Morgan fingerprint density at radius 2 is 2.18 bits per heavy atom. The lowest BCUT2D eigenvalue weighted by Gasteiger charge is -2.36. The quantitative estimate of drug-likeness (QED) is 0.838. The Kier molecular flexibility index (Phi) is 3.64. The Hall–Kier alpha value is -1.55. The van der Waals surface area contributed by atoms with Gasteiger partial charge >= 0.3 is 5.97 Å². The normalized spacial score (nSPS) is 16.5. The fourth-order valence-corrected chi connectivity index (χ4v) is 1.96. The van der Waals surface area contributed by atoms with Crippen LogP contribution in [0.15, 0.2) is 24.3 Å². The molecular weight excluding hydrogens is 218 g/mol. The molecule has 0 spiro atoms. The number of rotatable bonds is 5. The summed E-state index contributed by atoms with van der Waals surface area (Å²) >= 11 is 0. The van der Waals surface area contributed by atoms with Crippen molar-refractivity contribution >= 4 is 5.97 Å².